The Morgan fingerprint density at radius 1 is 1.31 bits per heavy atom. The molecule has 2 atom stereocenters. The highest BCUT2D eigenvalue weighted by molar-refractivity contribution is 6.30. The van der Waals surface area contributed by atoms with Crippen LogP contribution in [-0.4, -0.2) is 6.54 Å². The second kappa shape index (κ2) is 3.69. The lowest BCUT2D eigenvalue weighted by molar-refractivity contribution is 0.612. The predicted octanol–water partition coefficient (Wildman–Crippen LogP) is 3.01. The molecule has 2 rings (SSSR count). The fourth-order valence-electron chi connectivity index (χ4n) is 1.86. The van der Waals surface area contributed by atoms with E-state index in [1.165, 1.54) is 12.0 Å². The summed E-state index contributed by atoms with van der Waals surface area (Å²) in [5.74, 6) is 0.792. The Balaban J connectivity index is 2.13. The number of hydrogen-bond donors (Lipinski definition) is 1. The van der Waals surface area contributed by atoms with Crippen molar-refractivity contribution in [3.05, 3.63) is 34.9 Å². The van der Waals surface area contributed by atoms with Crippen LogP contribution in [0.2, 0.25) is 5.02 Å². The summed E-state index contributed by atoms with van der Waals surface area (Å²) >= 11 is 5.83. The molecule has 1 aromatic carbocycles. The van der Waals surface area contributed by atoms with Crippen molar-refractivity contribution in [3.8, 4) is 0 Å². The van der Waals surface area contributed by atoms with Crippen LogP contribution in [0, 0.1) is 5.92 Å². The molecule has 70 valence electrons. The van der Waals surface area contributed by atoms with Crippen molar-refractivity contribution >= 4 is 11.6 Å². The lowest BCUT2D eigenvalue weighted by Crippen LogP contribution is -2.13. The summed E-state index contributed by atoms with van der Waals surface area (Å²) in [7, 11) is 0. The van der Waals surface area contributed by atoms with Gasteiger partial charge in [-0.25, -0.2) is 0 Å². The zero-order valence-corrected chi connectivity index (χ0v) is 8.51. The van der Waals surface area contributed by atoms with E-state index >= 15 is 0 Å². The summed E-state index contributed by atoms with van der Waals surface area (Å²) in [5.41, 5.74) is 1.36. The van der Waals surface area contributed by atoms with Crippen molar-refractivity contribution in [3.63, 3.8) is 0 Å². The molecule has 0 saturated carbocycles. The Hall–Kier alpha value is -0.530. The number of halogens is 1. The first-order valence-corrected chi connectivity index (χ1v) is 5.12. The normalized spacial score (nSPS) is 27.8. The van der Waals surface area contributed by atoms with Gasteiger partial charge in [0.25, 0.3) is 0 Å². The maximum absolute atomic E-state index is 5.83. The highest BCUT2D eigenvalue weighted by Gasteiger charge is 2.21. The van der Waals surface area contributed by atoms with Gasteiger partial charge in [-0.2, -0.15) is 0 Å². The molecule has 1 N–H and O–H groups in total. The molecule has 0 aliphatic carbocycles. The quantitative estimate of drug-likeness (QED) is 0.727. The Labute approximate surface area is 84.1 Å². The molecule has 0 unspecified atom stereocenters. The largest absolute Gasteiger partial charge is 0.310 e. The van der Waals surface area contributed by atoms with Crippen molar-refractivity contribution in [2.75, 3.05) is 6.54 Å². The maximum atomic E-state index is 5.83. The van der Waals surface area contributed by atoms with E-state index in [1.807, 2.05) is 12.1 Å². The number of benzene rings is 1. The van der Waals surface area contributed by atoms with Gasteiger partial charge in [0, 0.05) is 11.1 Å². The van der Waals surface area contributed by atoms with Crippen LogP contribution in [0.3, 0.4) is 0 Å². The Bertz CT molecular complexity index is 281. The minimum Gasteiger partial charge on any atom is -0.310 e. The number of hydrogen-bond acceptors (Lipinski definition) is 1. The van der Waals surface area contributed by atoms with E-state index in [4.69, 9.17) is 11.6 Å². The SMILES string of the molecule is C[C@@H]1CN[C@H](c2ccc(Cl)cc2)C1. The van der Waals surface area contributed by atoms with Crippen molar-refractivity contribution < 1.29 is 0 Å². The molecule has 0 aromatic heterocycles. The molecule has 1 heterocycles. The maximum Gasteiger partial charge on any atom is 0.0406 e. The van der Waals surface area contributed by atoms with Gasteiger partial charge in [-0.15, -0.1) is 0 Å². The topological polar surface area (TPSA) is 12.0 Å². The fourth-order valence-corrected chi connectivity index (χ4v) is 1.99. The van der Waals surface area contributed by atoms with Crippen LogP contribution < -0.4 is 5.32 Å². The van der Waals surface area contributed by atoms with Gasteiger partial charge < -0.3 is 5.32 Å². The second-order valence-electron chi connectivity index (χ2n) is 3.85. The first-order chi connectivity index (χ1) is 6.25. The summed E-state index contributed by atoms with van der Waals surface area (Å²) in [6, 6.07) is 8.67. The molecule has 1 saturated heterocycles. The first kappa shape index (κ1) is 9.04. The van der Waals surface area contributed by atoms with Gasteiger partial charge in [-0.1, -0.05) is 30.7 Å². The molecule has 2 heteroatoms. The highest BCUT2D eigenvalue weighted by Crippen LogP contribution is 2.27. The Morgan fingerprint density at radius 2 is 2.00 bits per heavy atom. The lowest BCUT2D eigenvalue weighted by atomic mass is 10.0. The fraction of sp³-hybridized carbons (Fsp3) is 0.455. The summed E-state index contributed by atoms with van der Waals surface area (Å²) in [6.45, 7) is 3.41. The molecule has 0 radical (unpaired) electrons. The smallest absolute Gasteiger partial charge is 0.0406 e. The van der Waals surface area contributed by atoms with Gasteiger partial charge in [-0.05, 0) is 36.6 Å². The first-order valence-electron chi connectivity index (χ1n) is 4.74. The molecular formula is C11H14ClN. The third-order valence-corrected chi connectivity index (χ3v) is 2.88. The van der Waals surface area contributed by atoms with Crippen LogP contribution in [0.5, 0.6) is 0 Å². The minimum absolute atomic E-state index is 0.535. The van der Waals surface area contributed by atoms with E-state index in [2.05, 4.69) is 24.4 Å². The van der Waals surface area contributed by atoms with Crippen LogP contribution in [0.25, 0.3) is 0 Å². The van der Waals surface area contributed by atoms with Crippen molar-refractivity contribution in [1.29, 1.82) is 0 Å². The van der Waals surface area contributed by atoms with Crippen LogP contribution >= 0.6 is 11.6 Å². The molecule has 1 nitrogen and oxygen atoms in total. The van der Waals surface area contributed by atoms with E-state index in [9.17, 15) is 0 Å². The average molecular weight is 196 g/mol. The average Bonchev–Trinajstić information content (AvgIpc) is 2.53. The van der Waals surface area contributed by atoms with Crippen LogP contribution in [0.15, 0.2) is 24.3 Å². The standard InChI is InChI=1S/C11H14ClN/c1-8-6-11(13-7-8)9-2-4-10(12)5-3-9/h2-5,8,11,13H,6-7H2,1H3/t8-,11-/m0/s1. The molecule has 1 aliphatic rings. The molecular weight excluding hydrogens is 182 g/mol. The van der Waals surface area contributed by atoms with Crippen LogP contribution in [0.1, 0.15) is 24.9 Å². The molecule has 1 fully saturated rings. The van der Waals surface area contributed by atoms with Crippen LogP contribution in [-0.2, 0) is 0 Å². The molecule has 0 bridgehead atoms. The van der Waals surface area contributed by atoms with Gasteiger partial charge in [0.1, 0.15) is 0 Å². The second-order valence-corrected chi connectivity index (χ2v) is 4.29. The lowest BCUT2D eigenvalue weighted by Gasteiger charge is -2.10. The minimum atomic E-state index is 0.535. The molecule has 0 amide bonds. The van der Waals surface area contributed by atoms with Crippen molar-refractivity contribution in [2.45, 2.75) is 19.4 Å². The van der Waals surface area contributed by atoms with Crippen molar-refractivity contribution in [2.24, 2.45) is 5.92 Å². The molecule has 1 aliphatic heterocycles. The van der Waals surface area contributed by atoms with Crippen LogP contribution in [0.4, 0.5) is 0 Å². The summed E-state index contributed by atoms with van der Waals surface area (Å²) in [6.07, 6.45) is 1.24. The zero-order valence-electron chi connectivity index (χ0n) is 7.76. The zero-order chi connectivity index (χ0) is 9.26. The van der Waals surface area contributed by atoms with E-state index in [1.54, 1.807) is 0 Å². The molecule has 0 spiro atoms. The van der Waals surface area contributed by atoms with Gasteiger partial charge in [0.15, 0.2) is 0 Å². The van der Waals surface area contributed by atoms with Gasteiger partial charge in [0.2, 0.25) is 0 Å². The Morgan fingerprint density at radius 3 is 2.54 bits per heavy atom. The summed E-state index contributed by atoms with van der Waals surface area (Å²) in [5, 5.41) is 4.31. The Kier molecular flexibility index (Phi) is 2.56. The third-order valence-electron chi connectivity index (χ3n) is 2.62. The number of rotatable bonds is 1. The monoisotopic (exact) mass is 195 g/mol. The van der Waals surface area contributed by atoms with Gasteiger partial charge in [0.05, 0.1) is 0 Å². The molecule has 13 heavy (non-hydrogen) atoms. The predicted molar refractivity (Wildman–Crippen MR) is 56.0 cm³/mol. The summed E-state index contributed by atoms with van der Waals surface area (Å²) < 4.78 is 0. The van der Waals surface area contributed by atoms with E-state index < -0.39 is 0 Å². The van der Waals surface area contributed by atoms with Gasteiger partial charge >= 0.3 is 0 Å². The third kappa shape index (κ3) is 2.04. The van der Waals surface area contributed by atoms with Crippen molar-refractivity contribution in [1.82, 2.24) is 5.32 Å². The number of nitrogens with one attached hydrogen (secondary N) is 1. The van der Waals surface area contributed by atoms with E-state index in [-0.39, 0.29) is 0 Å². The summed E-state index contributed by atoms with van der Waals surface area (Å²) in [4.78, 5) is 0. The molecule has 1 aromatic rings. The van der Waals surface area contributed by atoms with E-state index in [0.717, 1.165) is 17.5 Å². The van der Waals surface area contributed by atoms with E-state index in [0.29, 0.717) is 6.04 Å². The van der Waals surface area contributed by atoms with Gasteiger partial charge in [-0.3, -0.25) is 0 Å². The highest BCUT2D eigenvalue weighted by atomic mass is 35.5.